The number of piperidine rings is 1. The maximum absolute atomic E-state index is 12.5. The second-order valence-corrected chi connectivity index (χ2v) is 9.72. The van der Waals surface area contributed by atoms with E-state index in [2.05, 4.69) is 0 Å². The Kier molecular flexibility index (Phi) is 4.95. The first-order valence-electron chi connectivity index (χ1n) is 8.99. The van der Waals surface area contributed by atoms with Gasteiger partial charge in [0.2, 0.25) is 5.91 Å². The van der Waals surface area contributed by atoms with Crippen molar-refractivity contribution in [3.63, 3.8) is 0 Å². The standard InChI is InChI=1S/C19H27NO4S/c1-14-3-4-16(13-15(14)2)25(23,24)12-6-18(22)20-10-8-19(9-11-20)7-5-17(19)21/h3-4,13,17,21H,5-12H2,1-2H3. The van der Waals surface area contributed by atoms with Crippen LogP contribution in [0.1, 0.15) is 43.2 Å². The van der Waals surface area contributed by atoms with Gasteiger partial charge in [-0.2, -0.15) is 0 Å². The van der Waals surface area contributed by atoms with Gasteiger partial charge in [-0.3, -0.25) is 4.79 Å². The number of rotatable bonds is 4. The summed E-state index contributed by atoms with van der Waals surface area (Å²) >= 11 is 0. The van der Waals surface area contributed by atoms with Gasteiger partial charge in [0, 0.05) is 19.5 Å². The first-order chi connectivity index (χ1) is 11.7. The summed E-state index contributed by atoms with van der Waals surface area (Å²) < 4.78 is 25.0. The van der Waals surface area contributed by atoms with Crippen LogP contribution in [0, 0.1) is 19.3 Å². The van der Waals surface area contributed by atoms with Crippen LogP contribution < -0.4 is 0 Å². The highest BCUT2D eigenvalue weighted by atomic mass is 32.2. The average Bonchev–Trinajstić information content (AvgIpc) is 2.60. The predicted octanol–water partition coefficient (Wildman–Crippen LogP) is 2.23. The number of sulfone groups is 1. The van der Waals surface area contributed by atoms with Gasteiger partial charge < -0.3 is 10.0 Å². The molecule has 1 heterocycles. The Labute approximate surface area is 150 Å². The second kappa shape index (κ2) is 6.72. The van der Waals surface area contributed by atoms with Crippen molar-refractivity contribution >= 4 is 15.7 Å². The number of aryl methyl sites for hydroxylation is 2. The van der Waals surface area contributed by atoms with E-state index in [1.807, 2.05) is 13.8 Å². The first kappa shape index (κ1) is 18.4. The molecule has 0 aromatic heterocycles. The highest BCUT2D eigenvalue weighted by molar-refractivity contribution is 7.91. The SMILES string of the molecule is Cc1ccc(S(=O)(=O)CCC(=O)N2CCC3(CCC3O)CC2)cc1C. The van der Waals surface area contributed by atoms with Crippen LogP contribution in [0.3, 0.4) is 0 Å². The van der Waals surface area contributed by atoms with Crippen LogP contribution in [0.25, 0.3) is 0 Å². The van der Waals surface area contributed by atoms with Crippen molar-refractivity contribution in [2.75, 3.05) is 18.8 Å². The van der Waals surface area contributed by atoms with Gasteiger partial charge in [0.1, 0.15) is 0 Å². The third-order valence-corrected chi connectivity index (χ3v) is 7.87. The molecule has 1 spiro atoms. The average molecular weight is 365 g/mol. The summed E-state index contributed by atoms with van der Waals surface area (Å²) in [5.41, 5.74) is 2.01. The highest BCUT2D eigenvalue weighted by Crippen LogP contribution is 2.49. The van der Waals surface area contributed by atoms with Crippen LogP contribution in [0.4, 0.5) is 0 Å². The van der Waals surface area contributed by atoms with Crippen LogP contribution in [0.2, 0.25) is 0 Å². The molecule has 1 aromatic rings. The maximum Gasteiger partial charge on any atom is 0.223 e. The lowest BCUT2D eigenvalue weighted by Crippen LogP contribution is -2.53. The lowest BCUT2D eigenvalue weighted by atomic mass is 9.61. The Hall–Kier alpha value is -1.40. The molecule has 1 aliphatic heterocycles. The third-order valence-electron chi connectivity index (χ3n) is 6.16. The van der Waals surface area contributed by atoms with E-state index in [4.69, 9.17) is 0 Å². The molecule has 2 aliphatic rings. The number of benzene rings is 1. The van der Waals surface area contributed by atoms with E-state index in [9.17, 15) is 18.3 Å². The van der Waals surface area contributed by atoms with Gasteiger partial charge in [0.05, 0.1) is 16.8 Å². The molecule has 1 saturated heterocycles. The van der Waals surface area contributed by atoms with Gasteiger partial charge in [-0.05, 0) is 68.2 Å². The van der Waals surface area contributed by atoms with Crippen molar-refractivity contribution in [1.82, 2.24) is 4.90 Å². The molecule has 3 rings (SSSR count). The number of likely N-dealkylation sites (tertiary alicyclic amines) is 1. The maximum atomic E-state index is 12.5. The highest BCUT2D eigenvalue weighted by Gasteiger charge is 2.47. The predicted molar refractivity (Wildman–Crippen MR) is 96.1 cm³/mol. The second-order valence-electron chi connectivity index (χ2n) is 7.61. The van der Waals surface area contributed by atoms with Crippen molar-refractivity contribution in [1.29, 1.82) is 0 Å². The third kappa shape index (κ3) is 3.60. The number of aliphatic hydroxyl groups excluding tert-OH is 1. The number of carbonyl (C=O) groups excluding carboxylic acids is 1. The van der Waals surface area contributed by atoms with Gasteiger partial charge >= 0.3 is 0 Å². The zero-order chi connectivity index (χ0) is 18.2. The summed E-state index contributed by atoms with van der Waals surface area (Å²) in [6, 6.07) is 5.10. The number of aliphatic hydroxyl groups is 1. The smallest absolute Gasteiger partial charge is 0.223 e. The van der Waals surface area contributed by atoms with Gasteiger partial charge in [0.15, 0.2) is 9.84 Å². The molecule has 5 nitrogen and oxygen atoms in total. The normalized spacial score (nSPS) is 22.7. The van der Waals surface area contributed by atoms with Crippen molar-refractivity contribution in [3.8, 4) is 0 Å². The summed E-state index contributed by atoms with van der Waals surface area (Å²) in [5, 5.41) is 9.94. The number of hydrogen-bond donors (Lipinski definition) is 1. The van der Waals surface area contributed by atoms with Gasteiger partial charge in [0.25, 0.3) is 0 Å². The fourth-order valence-electron chi connectivity index (χ4n) is 3.87. The topological polar surface area (TPSA) is 74.7 Å². The summed E-state index contributed by atoms with van der Waals surface area (Å²) in [6.07, 6.45) is 3.34. The molecule has 1 N–H and O–H groups in total. The number of amides is 1. The van der Waals surface area contributed by atoms with Gasteiger partial charge in [-0.15, -0.1) is 0 Å². The summed E-state index contributed by atoms with van der Waals surface area (Å²) in [7, 11) is -3.45. The molecule has 1 aromatic carbocycles. The first-order valence-corrected chi connectivity index (χ1v) is 10.6. The van der Waals surface area contributed by atoms with Crippen molar-refractivity contribution in [2.45, 2.75) is 57.0 Å². The lowest BCUT2D eigenvalue weighted by molar-refractivity contribution is -0.140. The Morgan fingerprint density at radius 2 is 1.88 bits per heavy atom. The molecule has 0 bridgehead atoms. The van der Waals surface area contributed by atoms with E-state index in [0.29, 0.717) is 18.0 Å². The quantitative estimate of drug-likeness (QED) is 0.888. The van der Waals surface area contributed by atoms with Crippen LogP contribution in [-0.4, -0.2) is 49.3 Å². The molecule has 1 aliphatic carbocycles. The van der Waals surface area contributed by atoms with Crippen LogP contribution >= 0.6 is 0 Å². The Morgan fingerprint density at radius 1 is 1.20 bits per heavy atom. The Morgan fingerprint density at radius 3 is 2.40 bits per heavy atom. The van der Waals surface area contributed by atoms with E-state index in [-0.39, 0.29) is 29.6 Å². The summed E-state index contributed by atoms with van der Waals surface area (Å²) in [6.45, 7) is 5.08. The van der Waals surface area contributed by atoms with Crippen LogP contribution in [0.5, 0.6) is 0 Å². The molecule has 25 heavy (non-hydrogen) atoms. The molecule has 6 heteroatoms. The van der Waals surface area contributed by atoms with Gasteiger partial charge in [-0.1, -0.05) is 6.07 Å². The number of carbonyl (C=O) groups is 1. The van der Waals surface area contributed by atoms with E-state index < -0.39 is 9.84 Å². The fraction of sp³-hybridized carbons (Fsp3) is 0.632. The van der Waals surface area contributed by atoms with Gasteiger partial charge in [-0.25, -0.2) is 8.42 Å². The molecule has 0 radical (unpaired) electrons. The van der Waals surface area contributed by atoms with Crippen molar-refractivity contribution in [2.24, 2.45) is 5.41 Å². The summed E-state index contributed by atoms with van der Waals surface area (Å²) in [5.74, 6) is -0.255. The van der Waals surface area contributed by atoms with E-state index in [1.54, 1.807) is 23.1 Å². The van der Waals surface area contributed by atoms with E-state index in [1.165, 1.54) is 0 Å². The molecule has 2 fully saturated rings. The molecule has 1 atom stereocenters. The molecular formula is C19H27NO4S. The molecule has 1 amide bonds. The lowest BCUT2D eigenvalue weighted by Gasteiger charge is -2.51. The zero-order valence-corrected chi connectivity index (χ0v) is 15.8. The Balaban J connectivity index is 1.56. The van der Waals surface area contributed by atoms with E-state index >= 15 is 0 Å². The molecule has 1 saturated carbocycles. The van der Waals surface area contributed by atoms with Crippen molar-refractivity contribution in [3.05, 3.63) is 29.3 Å². The zero-order valence-electron chi connectivity index (χ0n) is 15.0. The van der Waals surface area contributed by atoms with Crippen LogP contribution in [0.15, 0.2) is 23.1 Å². The Bertz CT molecular complexity index is 764. The molecule has 1 unspecified atom stereocenters. The monoisotopic (exact) mass is 365 g/mol. The number of hydrogen-bond acceptors (Lipinski definition) is 4. The molecule has 138 valence electrons. The largest absolute Gasteiger partial charge is 0.393 e. The minimum absolute atomic E-state index is 0.0162. The minimum Gasteiger partial charge on any atom is -0.393 e. The van der Waals surface area contributed by atoms with Crippen molar-refractivity contribution < 1.29 is 18.3 Å². The van der Waals surface area contributed by atoms with Crippen LogP contribution in [-0.2, 0) is 14.6 Å². The minimum atomic E-state index is -3.45. The fourth-order valence-corrected chi connectivity index (χ4v) is 5.18. The summed E-state index contributed by atoms with van der Waals surface area (Å²) in [4.78, 5) is 14.4. The van der Waals surface area contributed by atoms with E-state index in [0.717, 1.165) is 36.8 Å². The number of nitrogens with zero attached hydrogens (tertiary/aromatic N) is 1. The molecular weight excluding hydrogens is 338 g/mol.